The summed E-state index contributed by atoms with van der Waals surface area (Å²) in [6, 6.07) is 15.2. The van der Waals surface area contributed by atoms with Gasteiger partial charge in [0.15, 0.2) is 0 Å². The van der Waals surface area contributed by atoms with E-state index < -0.39 is 0 Å². The molecule has 0 aliphatic carbocycles. The van der Waals surface area contributed by atoms with E-state index in [2.05, 4.69) is 15.4 Å². The van der Waals surface area contributed by atoms with Crippen molar-refractivity contribution in [3.05, 3.63) is 71.5 Å². The SMILES string of the molecule is COc1ncccc1C(=O)Nc1cc(C)nn1Cc1ccccc1. The molecule has 1 aromatic carbocycles. The zero-order valence-corrected chi connectivity index (χ0v) is 13.6. The molecule has 3 rings (SSSR count). The van der Waals surface area contributed by atoms with Crippen molar-refractivity contribution in [1.82, 2.24) is 14.8 Å². The van der Waals surface area contributed by atoms with Gasteiger partial charge in [0.1, 0.15) is 11.4 Å². The number of ether oxygens (including phenoxy) is 1. The van der Waals surface area contributed by atoms with E-state index in [-0.39, 0.29) is 5.91 Å². The maximum atomic E-state index is 12.5. The Hall–Kier alpha value is -3.15. The summed E-state index contributed by atoms with van der Waals surface area (Å²) in [7, 11) is 1.49. The Balaban J connectivity index is 1.84. The Morgan fingerprint density at radius 1 is 1.21 bits per heavy atom. The third-order valence-corrected chi connectivity index (χ3v) is 3.53. The van der Waals surface area contributed by atoms with Gasteiger partial charge in [0, 0.05) is 12.3 Å². The second-order valence-corrected chi connectivity index (χ2v) is 5.33. The smallest absolute Gasteiger partial charge is 0.262 e. The molecule has 6 heteroatoms. The summed E-state index contributed by atoms with van der Waals surface area (Å²) in [5.41, 5.74) is 2.32. The summed E-state index contributed by atoms with van der Waals surface area (Å²) in [6.45, 7) is 2.47. The van der Waals surface area contributed by atoms with E-state index in [1.54, 1.807) is 23.0 Å². The summed E-state index contributed by atoms with van der Waals surface area (Å²) >= 11 is 0. The lowest BCUT2D eigenvalue weighted by Crippen LogP contribution is -2.17. The number of hydrogen-bond acceptors (Lipinski definition) is 4. The van der Waals surface area contributed by atoms with Crippen LogP contribution in [-0.4, -0.2) is 27.8 Å². The molecule has 0 aliphatic rings. The maximum Gasteiger partial charge on any atom is 0.262 e. The van der Waals surface area contributed by atoms with Crippen LogP contribution in [0.2, 0.25) is 0 Å². The first-order chi connectivity index (χ1) is 11.7. The van der Waals surface area contributed by atoms with Gasteiger partial charge in [0.25, 0.3) is 5.91 Å². The Bertz CT molecular complexity index is 843. The van der Waals surface area contributed by atoms with Gasteiger partial charge < -0.3 is 10.1 Å². The monoisotopic (exact) mass is 322 g/mol. The van der Waals surface area contributed by atoms with Crippen molar-refractivity contribution in [3.63, 3.8) is 0 Å². The summed E-state index contributed by atoms with van der Waals surface area (Å²) < 4.78 is 6.91. The lowest BCUT2D eigenvalue weighted by atomic mass is 10.2. The van der Waals surface area contributed by atoms with Gasteiger partial charge in [-0.25, -0.2) is 9.67 Å². The topological polar surface area (TPSA) is 69.0 Å². The first kappa shape index (κ1) is 15.7. The molecule has 2 aromatic heterocycles. The molecule has 0 unspecified atom stereocenters. The molecule has 0 saturated carbocycles. The standard InChI is InChI=1S/C18H18N4O2/c1-13-11-16(22(21-13)12-14-7-4-3-5-8-14)20-17(23)15-9-6-10-19-18(15)24-2/h3-11H,12H2,1-2H3,(H,20,23). The van der Waals surface area contributed by atoms with Gasteiger partial charge in [-0.15, -0.1) is 0 Å². The van der Waals surface area contributed by atoms with Gasteiger partial charge in [-0.3, -0.25) is 4.79 Å². The number of carbonyl (C=O) groups is 1. The van der Waals surface area contributed by atoms with Crippen LogP contribution in [0, 0.1) is 6.92 Å². The number of anilines is 1. The van der Waals surface area contributed by atoms with E-state index in [9.17, 15) is 4.79 Å². The van der Waals surface area contributed by atoms with Crippen molar-refractivity contribution in [3.8, 4) is 5.88 Å². The molecule has 0 radical (unpaired) electrons. The minimum Gasteiger partial charge on any atom is -0.480 e. The zero-order chi connectivity index (χ0) is 16.9. The van der Waals surface area contributed by atoms with Crippen LogP contribution in [0.15, 0.2) is 54.7 Å². The molecule has 1 amide bonds. The molecule has 0 spiro atoms. The summed E-state index contributed by atoms with van der Waals surface area (Å²) in [5, 5.41) is 7.33. The molecular formula is C18H18N4O2. The summed E-state index contributed by atoms with van der Waals surface area (Å²) in [5.74, 6) is 0.641. The van der Waals surface area contributed by atoms with Crippen LogP contribution >= 0.6 is 0 Å². The molecule has 0 saturated heterocycles. The Morgan fingerprint density at radius 3 is 2.75 bits per heavy atom. The molecule has 6 nitrogen and oxygen atoms in total. The van der Waals surface area contributed by atoms with Gasteiger partial charge in [-0.05, 0) is 24.6 Å². The van der Waals surface area contributed by atoms with Crippen LogP contribution in [0.25, 0.3) is 0 Å². The first-order valence-corrected chi connectivity index (χ1v) is 7.56. The predicted molar refractivity (Wildman–Crippen MR) is 91.3 cm³/mol. The fourth-order valence-corrected chi connectivity index (χ4v) is 2.43. The van der Waals surface area contributed by atoms with Crippen LogP contribution < -0.4 is 10.1 Å². The highest BCUT2D eigenvalue weighted by Gasteiger charge is 2.15. The number of rotatable bonds is 5. The second-order valence-electron chi connectivity index (χ2n) is 5.33. The largest absolute Gasteiger partial charge is 0.480 e. The van der Waals surface area contributed by atoms with E-state index in [0.717, 1.165) is 11.3 Å². The fourth-order valence-electron chi connectivity index (χ4n) is 2.43. The minimum atomic E-state index is -0.283. The van der Waals surface area contributed by atoms with E-state index in [4.69, 9.17) is 4.74 Å². The highest BCUT2D eigenvalue weighted by molar-refractivity contribution is 6.05. The average molecular weight is 322 g/mol. The summed E-state index contributed by atoms with van der Waals surface area (Å²) in [4.78, 5) is 16.6. The van der Waals surface area contributed by atoms with Crippen LogP contribution in [0.5, 0.6) is 5.88 Å². The number of carbonyl (C=O) groups excluding carboxylic acids is 1. The number of methoxy groups -OCH3 is 1. The van der Waals surface area contributed by atoms with Crippen LogP contribution in [-0.2, 0) is 6.54 Å². The molecule has 0 bridgehead atoms. The predicted octanol–water partition coefficient (Wildman–Crippen LogP) is 2.90. The molecule has 0 fully saturated rings. The van der Waals surface area contributed by atoms with Gasteiger partial charge in [0.05, 0.1) is 19.3 Å². The minimum absolute atomic E-state index is 0.283. The average Bonchev–Trinajstić information content (AvgIpc) is 2.94. The van der Waals surface area contributed by atoms with Crippen molar-refractivity contribution >= 4 is 11.7 Å². The van der Waals surface area contributed by atoms with Crippen molar-refractivity contribution in [2.45, 2.75) is 13.5 Å². The zero-order valence-electron chi connectivity index (χ0n) is 13.6. The van der Waals surface area contributed by atoms with Gasteiger partial charge in [0.2, 0.25) is 5.88 Å². The molecule has 2 heterocycles. The van der Waals surface area contributed by atoms with E-state index in [1.807, 2.05) is 43.3 Å². The highest BCUT2D eigenvalue weighted by Crippen LogP contribution is 2.18. The number of benzene rings is 1. The molecule has 3 aromatic rings. The molecule has 1 N–H and O–H groups in total. The third-order valence-electron chi connectivity index (χ3n) is 3.53. The number of aromatic nitrogens is 3. The quantitative estimate of drug-likeness (QED) is 0.784. The summed E-state index contributed by atoms with van der Waals surface area (Å²) in [6.07, 6.45) is 1.58. The van der Waals surface area contributed by atoms with Crippen LogP contribution in [0.1, 0.15) is 21.6 Å². The van der Waals surface area contributed by atoms with Gasteiger partial charge in [-0.1, -0.05) is 30.3 Å². The second kappa shape index (κ2) is 6.95. The van der Waals surface area contributed by atoms with Crippen molar-refractivity contribution in [2.24, 2.45) is 0 Å². The van der Waals surface area contributed by atoms with Crippen molar-refractivity contribution in [2.75, 3.05) is 12.4 Å². The molecule has 0 aliphatic heterocycles. The third kappa shape index (κ3) is 3.43. The number of nitrogens with one attached hydrogen (secondary N) is 1. The number of amides is 1. The maximum absolute atomic E-state index is 12.5. The number of pyridine rings is 1. The van der Waals surface area contributed by atoms with Crippen molar-refractivity contribution < 1.29 is 9.53 Å². The highest BCUT2D eigenvalue weighted by atomic mass is 16.5. The van der Waals surface area contributed by atoms with E-state index >= 15 is 0 Å². The van der Waals surface area contributed by atoms with E-state index in [0.29, 0.717) is 23.8 Å². The number of aryl methyl sites for hydroxylation is 1. The fraction of sp³-hybridized carbons (Fsp3) is 0.167. The molecule has 0 atom stereocenters. The molecule has 122 valence electrons. The van der Waals surface area contributed by atoms with E-state index in [1.165, 1.54) is 7.11 Å². The Kier molecular flexibility index (Phi) is 4.56. The van der Waals surface area contributed by atoms with Gasteiger partial charge in [-0.2, -0.15) is 5.10 Å². The first-order valence-electron chi connectivity index (χ1n) is 7.56. The number of nitrogens with zero attached hydrogens (tertiary/aromatic N) is 3. The lowest BCUT2D eigenvalue weighted by molar-refractivity contribution is 0.102. The van der Waals surface area contributed by atoms with Crippen LogP contribution in [0.4, 0.5) is 5.82 Å². The number of hydrogen-bond donors (Lipinski definition) is 1. The Morgan fingerprint density at radius 2 is 2.00 bits per heavy atom. The van der Waals surface area contributed by atoms with Crippen LogP contribution in [0.3, 0.4) is 0 Å². The Labute approximate surface area is 140 Å². The molecule has 24 heavy (non-hydrogen) atoms. The van der Waals surface area contributed by atoms with Crippen molar-refractivity contribution in [1.29, 1.82) is 0 Å². The normalized spacial score (nSPS) is 10.4. The van der Waals surface area contributed by atoms with Gasteiger partial charge >= 0.3 is 0 Å². The molecular weight excluding hydrogens is 304 g/mol. The lowest BCUT2D eigenvalue weighted by Gasteiger charge is -2.10.